The molecule has 0 saturated carbocycles. The first kappa shape index (κ1) is 18.8. The van der Waals surface area contributed by atoms with Gasteiger partial charge in [-0.3, -0.25) is 4.79 Å². The number of rotatable bonds is 4. The second-order valence-corrected chi connectivity index (χ2v) is 6.29. The van der Waals surface area contributed by atoms with E-state index in [9.17, 15) is 18.0 Å². The normalized spacial score (nSPS) is 11.8. The van der Waals surface area contributed by atoms with Gasteiger partial charge in [0.1, 0.15) is 0 Å². The van der Waals surface area contributed by atoms with Gasteiger partial charge in [-0.15, -0.1) is 5.10 Å². The standard InChI is InChI=1S/C18H18F3N5O/c1-10-6-4-5-7-13(10)9-22-15(27)8-14-11(2)23-17-24-16(18(19,20)21)25-26(17)12(14)3/h4-7H,8-9H2,1-3H3,(H,22,27). The number of halogens is 3. The van der Waals surface area contributed by atoms with Gasteiger partial charge in [-0.25, -0.2) is 9.50 Å². The molecule has 1 amide bonds. The quantitative estimate of drug-likeness (QED) is 0.759. The molecule has 0 atom stereocenters. The molecule has 0 bridgehead atoms. The number of amides is 1. The van der Waals surface area contributed by atoms with E-state index >= 15 is 0 Å². The Hall–Kier alpha value is -2.97. The Balaban J connectivity index is 1.82. The molecule has 2 heterocycles. The average Bonchev–Trinajstić information content (AvgIpc) is 3.02. The third-order valence-corrected chi connectivity index (χ3v) is 4.38. The Morgan fingerprint density at radius 1 is 1.15 bits per heavy atom. The highest BCUT2D eigenvalue weighted by Crippen LogP contribution is 2.27. The number of hydrogen-bond donors (Lipinski definition) is 1. The molecule has 0 saturated heterocycles. The number of fused-ring (bicyclic) bond motifs is 1. The van der Waals surface area contributed by atoms with E-state index in [1.165, 1.54) is 0 Å². The van der Waals surface area contributed by atoms with Gasteiger partial charge in [-0.1, -0.05) is 24.3 Å². The van der Waals surface area contributed by atoms with Crippen molar-refractivity contribution < 1.29 is 18.0 Å². The number of carbonyl (C=O) groups excluding carboxylic acids is 1. The van der Waals surface area contributed by atoms with Crippen LogP contribution in [0.3, 0.4) is 0 Å². The summed E-state index contributed by atoms with van der Waals surface area (Å²) in [5.41, 5.74) is 3.46. The fourth-order valence-electron chi connectivity index (χ4n) is 2.81. The Kier molecular flexibility index (Phi) is 4.86. The molecule has 142 valence electrons. The predicted octanol–water partition coefficient (Wildman–Crippen LogP) is 2.93. The van der Waals surface area contributed by atoms with Crippen LogP contribution in [-0.4, -0.2) is 25.5 Å². The summed E-state index contributed by atoms with van der Waals surface area (Å²) in [6, 6.07) is 7.69. The molecule has 6 nitrogen and oxygen atoms in total. The molecular weight excluding hydrogens is 359 g/mol. The van der Waals surface area contributed by atoms with E-state index in [2.05, 4.69) is 20.4 Å². The topological polar surface area (TPSA) is 72.2 Å². The van der Waals surface area contributed by atoms with Gasteiger partial charge < -0.3 is 5.32 Å². The van der Waals surface area contributed by atoms with E-state index < -0.39 is 12.0 Å². The molecule has 1 aromatic carbocycles. The molecule has 0 aliphatic carbocycles. The fourth-order valence-corrected chi connectivity index (χ4v) is 2.81. The molecule has 0 unspecified atom stereocenters. The molecule has 0 fully saturated rings. The van der Waals surface area contributed by atoms with Crippen LogP contribution >= 0.6 is 0 Å². The maximum Gasteiger partial charge on any atom is 0.453 e. The molecule has 3 rings (SSSR count). The van der Waals surface area contributed by atoms with Gasteiger partial charge in [0.05, 0.1) is 6.42 Å². The summed E-state index contributed by atoms with van der Waals surface area (Å²) in [6.45, 7) is 5.57. The molecule has 2 aromatic heterocycles. The van der Waals surface area contributed by atoms with Crippen molar-refractivity contribution in [3.8, 4) is 0 Å². The third-order valence-electron chi connectivity index (χ3n) is 4.38. The van der Waals surface area contributed by atoms with Gasteiger partial charge in [-0.2, -0.15) is 18.2 Å². The number of carbonyl (C=O) groups is 1. The molecule has 0 spiro atoms. The predicted molar refractivity (Wildman–Crippen MR) is 92.0 cm³/mol. The Morgan fingerprint density at radius 2 is 1.85 bits per heavy atom. The lowest BCUT2D eigenvalue weighted by atomic mass is 10.1. The number of aromatic nitrogens is 4. The summed E-state index contributed by atoms with van der Waals surface area (Å²) >= 11 is 0. The number of alkyl halides is 3. The SMILES string of the molecule is Cc1ccccc1CNC(=O)Cc1c(C)nc2nc(C(F)(F)F)nn2c1C. The summed E-state index contributed by atoms with van der Waals surface area (Å²) < 4.78 is 39.5. The van der Waals surface area contributed by atoms with Gasteiger partial charge in [0.25, 0.3) is 11.6 Å². The number of nitrogens with zero attached hydrogens (tertiary/aromatic N) is 4. The Bertz CT molecular complexity index is 1010. The number of aryl methyl sites for hydroxylation is 3. The second-order valence-electron chi connectivity index (χ2n) is 6.29. The van der Waals surface area contributed by atoms with Crippen LogP contribution in [0.1, 0.15) is 33.9 Å². The first-order valence-corrected chi connectivity index (χ1v) is 8.28. The van der Waals surface area contributed by atoms with Crippen molar-refractivity contribution in [2.24, 2.45) is 0 Å². The van der Waals surface area contributed by atoms with Crippen LogP contribution in [0.25, 0.3) is 5.78 Å². The van der Waals surface area contributed by atoms with Crippen LogP contribution in [0.15, 0.2) is 24.3 Å². The van der Waals surface area contributed by atoms with Crippen molar-refractivity contribution in [3.63, 3.8) is 0 Å². The molecule has 27 heavy (non-hydrogen) atoms. The minimum Gasteiger partial charge on any atom is -0.352 e. The maximum absolute atomic E-state index is 12.8. The van der Waals surface area contributed by atoms with Gasteiger partial charge in [0.15, 0.2) is 0 Å². The van der Waals surface area contributed by atoms with Crippen molar-refractivity contribution in [3.05, 3.63) is 58.2 Å². The highest BCUT2D eigenvalue weighted by Gasteiger charge is 2.37. The smallest absolute Gasteiger partial charge is 0.352 e. The average molecular weight is 377 g/mol. The van der Waals surface area contributed by atoms with Gasteiger partial charge in [0.2, 0.25) is 5.91 Å². The zero-order valence-electron chi connectivity index (χ0n) is 15.1. The highest BCUT2D eigenvalue weighted by atomic mass is 19.4. The molecule has 0 radical (unpaired) electrons. The lowest BCUT2D eigenvalue weighted by Crippen LogP contribution is -2.26. The van der Waals surface area contributed by atoms with E-state index in [4.69, 9.17) is 0 Å². The first-order chi connectivity index (χ1) is 12.7. The van der Waals surface area contributed by atoms with Crippen molar-refractivity contribution in [2.75, 3.05) is 0 Å². The van der Waals surface area contributed by atoms with Crippen LogP contribution in [0, 0.1) is 20.8 Å². The Morgan fingerprint density at radius 3 is 2.52 bits per heavy atom. The summed E-state index contributed by atoms with van der Waals surface area (Å²) in [5, 5.41) is 6.31. The van der Waals surface area contributed by atoms with Crippen molar-refractivity contribution in [2.45, 2.75) is 39.9 Å². The van der Waals surface area contributed by atoms with Crippen molar-refractivity contribution in [1.82, 2.24) is 24.9 Å². The molecular formula is C18H18F3N5O. The van der Waals surface area contributed by atoms with Crippen LogP contribution in [0.5, 0.6) is 0 Å². The van der Waals surface area contributed by atoms with Crippen LogP contribution in [0.4, 0.5) is 13.2 Å². The molecule has 0 aliphatic rings. The Labute approximate surface area is 153 Å². The van der Waals surface area contributed by atoms with E-state index in [1.54, 1.807) is 13.8 Å². The van der Waals surface area contributed by atoms with Crippen molar-refractivity contribution >= 4 is 11.7 Å². The minimum absolute atomic E-state index is 0.00625. The monoisotopic (exact) mass is 377 g/mol. The van der Waals surface area contributed by atoms with Crippen LogP contribution in [-0.2, 0) is 23.9 Å². The van der Waals surface area contributed by atoms with Crippen LogP contribution in [0.2, 0.25) is 0 Å². The zero-order chi connectivity index (χ0) is 19.8. The molecule has 9 heteroatoms. The summed E-state index contributed by atoms with van der Waals surface area (Å²) in [4.78, 5) is 19.8. The van der Waals surface area contributed by atoms with E-state index in [-0.39, 0.29) is 18.1 Å². The van der Waals surface area contributed by atoms with E-state index in [0.29, 0.717) is 23.5 Å². The van der Waals surface area contributed by atoms with E-state index in [1.807, 2.05) is 31.2 Å². The maximum atomic E-state index is 12.8. The number of hydrogen-bond acceptors (Lipinski definition) is 4. The largest absolute Gasteiger partial charge is 0.453 e. The molecule has 0 aliphatic heterocycles. The summed E-state index contributed by atoms with van der Waals surface area (Å²) in [5.74, 6) is -1.64. The first-order valence-electron chi connectivity index (χ1n) is 8.28. The van der Waals surface area contributed by atoms with E-state index in [0.717, 1.165) is 15.6 Å². The summed E-state index contributed by atoms with van der Waals surface area (Å²) in [6.07, 6.45) is -4.66. The van der Waals surface area contributed by atoms with Crippen LogP contribution < -0.4 is 5.32 Å². The lowest BCUT2D eigenvalue weighted by Gasteiger charge is -2.11. The molecule has 1 N–H and O–H groups in total. The number of nitrogens with one attached hydrogen (secondary N) is 1. The number of benzene rings is 1. The third kappa shape index (κ3) is 3.91. The van der Waals surface area contributed by atoms with Crippen molar-refractivity contribution in [1.29, 1.82) is 0 Å². The fraction of sp³-hybridized carbons (Fsp3) is 0.333. The van der Waals surface area contributed by atoms with Gasteiger partial charge in [-0.05, 0) is 31.9 Å². The summed E-state index contributed by atoms with van der Waals surface area (Å²) in [7, 11) is 0. The lowest BCUT2D eigenvalue weighted by molar-refractivity contribution is -0.144. The van der Waals surface area contributed by atoms with Gasteiger partial charge in [0, 0.05) is 23.5 Å². The zero-order valence-corrected chi connectivity index (χ0v) is 15.1. The molecule has 3 aromatic rings. The highest BCUT2D eigenvalue weighted by molar-refractivity contribution is 5.79. The minimum atomic E-state index is -4.65. The van der Waals surface area contributed by atoms with Gasteiger partial charge >= 0.3 is 6.18 Å². The second kappa shape index (κ2) is 6.98.